The Morgan fingerprint density at radius 3 is 2.06 bits per heavy atom. The number of benzene rings is 1. The summed E-state index contributed by atoms with van der Waals surface area (Å²) >= 11 is 5.68. The molecule has 0 bridgehead atoms. The van der Waals surface area contributed by atoms with Gasteiger partial charge < -0.3 is 20.1 Å². The number of unbranched alkanes of at least 4 members (excludes halogenated alkanes) is 1. The number of imidazole rings is 1. The van der Waals surface area contributed by atoms with Crippen LogP contribution in [0.5, 0.6) is 0 Å². The summed E-state index contributed by atoms with van der Waals surface area (Å²) in [7, 11) is 4.00. The molecular formula is C23H39ClF3N3O2. The van der Waals surface area contributed by atoms with E-state index in [1.165, 1.54) is 6.07 Å². The molecule has 1 aromatic heterocycles. The third-order valence-corrected chi connectivity index (χ3v) is 4.95. The number of hydrogen-bond donors (Lipinski definition) is 3. The average Bonchev–Trinajstić information content (AvgIpc) is 3.32. The molecule has 3 rings (SSSR count). The van der Waals surface area contributed by atoms with E-state index < -0.39 is 23.9 Å². The van der Waals surface area contributed by atoms with E-state index in [0.29, 0.717) is 23.3 Å². The maximum absolute atomic E-state index is 12.8. The summed E-state index contributed by atoms with van der Waals surface area (Å²) in [5.41, 5.74) is 0.00409. The van der Waals surface area contributed by atoms with Gasteiger partial charge >= 0.3 is 6.18 Å². The van der Waals surface area contributed by atoms with E-state index >= 15 is 0 Å². The monoisotopic (exact) mass is 481 g/mol. The van der Waals surface area contributed by atoms with Crippen molar-refractivity contribution in [3.8, 4) is 0 Å². The summed E-state index contributed by atoms with van der Waals surface area (Å²) in [6, 6.07) is 2.29. The molecule has 5 nitrogen and oxygen atoms in total. The lowest BCUT2D eigenvalue weighted by atomic mass is 10.2. The summed E-state index contributed by atoms with van der Waals surface area (Å²) in [5, 5.41) is 17.2. The number of aliphatic hydroxyl groups is 2. The molecule has 1 fully saturated rings. The van der Waals surface area contributed by atoms with Gasteiger partial charge in [0.25, 0.3) is 0 Å². The molecular weight excluding hydrogens is 443 g/mol. The largest absolute Gasteiger partial charge is 0.417 e. The SMILES string of the molecule is CC.CC.CN(C)CCCCc1nc2cc(Cl)c(C(F)(F)F)cc2[nH]1.O[C@@H]1CCC[C@@H]1O. The predicted molar refractivity (Wildman–Crippen MR) is 126 cm³/mol. The number of aromatic amines is 1. The van der Waals surface area contributed by atoms with Gasteiger partial charge in [-0.3, -0.25) is 0 Å². The highest BCUT2D eigenvalue weighted by Gasteiger charge is 2.33. The van der Waals surface area contributed by atoms with Crippen LogP contribution >= 0.6 is 11.6 Å². The Hall–Kier alpha value is -1.35. The van der Waals surface area contributed by atoms with Gasteiger partial charge in [0, 0.05) is 6.42 Å². The zero-order valence-corrected chi connectivity index (χ0v) is 20.8. The van der Waals surface area contributed by atoms with Crippen molar-refractivity contribution in [2.24, 2.45) is 0 Å². The van der Waals surface area contributed by atoms with E-state index in [1.807, 2.05) is 41.8 Å². The van der Waals surface area contributed by atoms with Gasteiger partial charge in [0.15, 0.2) is 0 Å². The summed E-state index contributed by atoms with van der Waals surface area (Å²) in [6.07, 6.45) is -0.134. The molecule has 0 radical (unpaired) electrons. The van der Waals surface area contributed by atoms with Gasteiger partial charge in [0.2, 0.25) is 0 Å². The highest BCUT2D eigenvalue weighted by atomic mass is 35.5. The number of rotatable bonds is 5. The Morgan fingerprint density at radius 2 is 1.62 bits per heavy atom. The average molecular weight is 482 g/mol. The number of nitrogens with zero attached hydrogens (tertiary/aromatic N) is 2. The molecule has 2 atom stereocenters. The van der Waals surface area contributed by atoms with Crippen molar-refractivity contribution < 1.29 is 23.4 Å². The van der Waals surface area contributed by atoms with Gasteiger partial charge in [0.05, 0.1) is 33.8 Å². The van der Waals surface area contributed by atoms with E-state index in [0.717, 1.165) is 44.7 Å². The Kier molecular flexibility index (Phi) is 14.8. The minimum atomic E-state index is -4.46. The van der Waals surface area contributed by atoms with Crippen LogP contribution in [0.3, 0.4) is 0 Å². The minimum Gasteiger partial charge on any atom is -0.390 e. The van der Waals surface area contributed by atoms with Gasteiger partial charge in [-0.1, -0.05) is 39.3 Å². The Morgan fingerprint density at radius 1 is 1.06 bits per heavy atom. The maximum Gasteiger partial charge on any atom is 0.417 e. The summed E-state index contributed by atoms with van der Waals surface area (Å²) < 4.78 is 38.4. The van der Waals surface area contributed by atoms with Crippen LogP contribution in [0.25, 0.3) is 11.0 Å². The molecule has 1 aliphatic carbocycles. The van der Waals surface area contributed by atoms with Crippen molar-refractivity contribution in [2.45, 2.75) is 84.6 Å². The number of aliphatic hydroxyl groups excluding tert-OH is 2. The van der Waals surface area contributed by atoms with Gasteiger partial charge in [-0.2, -0.15) is 13.2 Å². The Labute approximate surface area is 195 Å². The van der Waals surface area contributed by atoms with Gasteiger partial charge in [0.1, 0.15) is 5.82 Å². The molecule has 9 heteroatoms. The second-order valence-electron chi connectivity index (χ2n) is 7.36. The molecule has 0 spiro atoms. The van der Waals surface area contributed by atoms with Crippen LogP contribution in [0.4, 0.5) is 13.2 Å². The normalized spacial score (nSPS) is 17.8. The zero-order chi connectivity index (χ0) is 24.9. The summed E-state index contributed by atoms with van der Waals surface area (Å²) in [6.45, 7) is 8.98. The molecule has 1 aliphatic rings. The number of nitrogens with one attached hydrogen (secondary N) is 1. The maximum atomic E-state index is 12.8. The quantitative estimate of drug-likeness (QED) is 0.453. The van der Waals surface area contributed by atoms with Gasteiger partial charge in [-0.25, -0.2) is 4.98 Å². The fourth-order valence-corrected chi connectivity index (χ4v) is 3.33. The molecule has 2 aromatic rings. The predicted octanol–water partition coefficient (Wildman–Crippen LogP) is 6.06. The molecule has 1 aromatic carbocycles. The van der Waals surface area contributed by atoms with E-state index in [-0.39, 0.29) is 5.02 Å². The number of H-pyrrole nitrogens is 1. The number of fused-ring (bicyclic) bond motifs is 1. The summed E-state index contributed by atoms with van der Waals surface area (Å²) in [4.78, 5) is 9.32. The number of aromatic nitrogens is 2. The molecule has 0 unspecified atom stereocenters. The van der Waals surface area contributed by atoms with Crippen molar-refractivity contribution in [2.75, 3.05) is 20.6 Å². The second kappa shape index (κ2) is 15.5. The standard InChI is InChI=1S/C14H17ClF3N3.C5H10O2.2C2H6/c1-21(2)6-4-3-5-13-19-11-7-9(14(16,17)18)10(15)8-12(11)20-13;6-4-2-1-3-5(4)7;2*1-2/h7-8H,3-6H2,1-2H3,(H,19,20);4-7H,1-3H2;2*1-2H3/t;4-,5+;;. The van der Waals surface area contributed by atoms with Crippen LogP contribution in [0, 0.1) is 0 Å². The van der Waals surface area contributed by atoms with Crippen molar-refractivity contribution >= 4 is 22.6 Å². The fourth-order valence-electron chi connectivity index (χ4n) is 3.06. The third-order valence-electron chi connectivity index (χ3n) is 4.64. The first-order valence-corrected chi connectivity index (χ1v) is 11.7. The van der Waals surface area contributed by atoms with E-state index in [1.54, 1.807) is 0 Å². The Balaban J connectivity index is 0.000000727. The summed E-state index contributed by atoms with van der Waals surface area (Å²) in [5.74, 6) is 0.694. The molecule has 32 heavy (non-hydrogen) atoms. The number of hydrogen-bond acceptors (Lipinski definition) is 4. The van der Waals surface area contributed by atoms with Crippen LogP contribution in [-0.2, 0) is 12.6 Å². The van der Waals surface area contributed by atoms with Gasteiger partial charge in [-0.15, -0.1) is 0 Å². The molecule has 1 heterocycles. The molecule has 0 amide bonds. The van der Waals surface area contributed by atoms with E-state index in [4.69, 9.17) is 21.8 Å². The van der Waals surface area contributed by atoms with Crippen LogP contribution in [0.2, 0.25) is 5.02 Å². The first-order chi connectivity index (χ1) is 15.1. The number of alkyl halides is 3. The van der Waals surface area contributed by atoms with Crippen molar-refractivity contribution in [3.05, 3.63) is 28.5 Å². The van der Waals surface area contributed by atoms with Crippen LogP contribution in [-0.4, -0.2) is 57.9 Å². The lowest BCUT2D eigenvalue weighted by Crippen LogP contribution is -2.17. The molecule has 0 saturated heterocycles. The van der Waals surface area contributed by atoms with Crippen LogP contribution in [0.1, 0.15) is 71.2 Å². The molecule has 3 N–H and O–H groups in total. The third kappa shape index (κ3) is 10.5. The first-order valence-electron chi connectivity index (χ1n) is 11.3. The highest BCUT2D eigenvalue weighted by Crippen LogP contribution is 2.36. The molecule has 186 valence electrons. The minimum absolute atomic E-state index is 0.319. The van der Waals surface area contributed by atoms with Crippen molar-refractivity contribution in [1.29, 1.82) is 0 Å². The smallest absolute Gasteiger partial charge is 0.390 e. The lowest BCUT2D eigenvalue weighted by molar-refractivity contribution is -0.137. The van der Waals surface area contributed by atoms with Crippen LogP contribution in [0.15, 0.2) is 12.1 Å². The highest BCUT2D eigenvalue weighted by molar-refractivity contribution is 6.32. The van der Waals surface area contributed by atoms with E-state index in [9.17, 15) is 13.2 Å². The van der Waals surface area contributed by atoms with Crippen molar-refractivity contribution in [1.82, 2.24) is 14.9 Å². The Bertz CT molecular complexity index is 759. The van der Waals surface area contributed by atoms with Crippen molar-refractivity contribution in [3.63, 3.8) is 0 Å². The van der Waals surface area contributed by atoms with Crippen LogP contribution < -0.4 is 0 Å². The first kappa shape index (κ1) is 30.6. The topological polar surface area (TPSA) is 72.4 Å². The number of halogens is 4. The van der Waals surface area contributed by atoms with Gasteiger partial charge in [-0.05, 0) is 64.9 Å². The second-order valence-corrected chi connectivity index (χ2v) is 7.76. The number of aryl methyl sites for hydroxylation is 1. The molecule has 1 saturated carbocycles. The lowest BCUT2D eigenvalue weighted by Gasteiger charge is -2.08. The van der Waals surface area contributed by atoms with E-state index in [2.05, 4.69) is 14.9 Å². The fraction of sp³-hybridized carbons (Fsp3) is 0.696. The zero-order valence-electron chi connectivity index (χ0n) is 20.1. The molecule has 0 aliphatic heterocycles.